The van der Waals surface area contributed by atoms with Crippen molar-refractivity contribution < 1.29 is 22.7 Å². The summed E-state index contributed by atoms with van der Waals surface area (Å²) in [6, 6.07) is -0.102. The molecule has 0 bridgehead atoms. The fraction of sp³-hybridized carbons (Fsp3) is 0.667. The van der Waals surface area contributed by atoms with Gasteiger partial charge in [-0.25, -0.2) is 9.48 Å². The van der Waals surface area contributed by atoms with Crippen LogP contribution in [0, 0.1) is 0 Å². The van der Waals surface area contributed by atoms with Crippen molar-refractivity contribution in [3.63, 3.8) is 0 Å². The quantitative estimate of drug-likeness (QED) is 0.789. The smallest absolute Gasteiger partial charge is 0.405 e. The highest BCUT2D eigenvalue weighted by molar-refractivity contribution is 5.99. The van der Waals surface area contributed by atoms with Gasteiger partial charge in [0.15, 0.2) is 5.82 Å². The molecule has 1 aromatic rings. The number of esters is 1. The molecule has 0 saturated carbocycles. The summed E-state index contributed by atoms with van der Waals surface area (Å²) in [4.78, 5) is 11.7. The molecule has 0 amide bonds. The third-order valence-electron chi connectivity index (χ3n) is 3.08. The lowest BCUT2D eigenvalue weighted by Gasteiger charge is -2.14. The number of methoxy groups -OCH3 is 1. The number of carbonyl (C=O) groups excluding carboxylic acids is 1. The molecular weight excluding hydrogens is 289 g/mol. The van der Waals surface area contributed by atoms with E-state index in [2.05, 4.69) is 15.2 Å². The van der Waals surface area contributed by atoms with Crippen LogP contribution in [-0.4, -0.2) is 35.6 Å². The Labute approximate surface area is 120 Å². The predicted molar refractivity (Wildman–Crippen MR) is 72.1 cm³/mol. The predicted octanol–water partition coefficient (Wildman–Crippen LogP) is 2.59. The summed E-state index contributed by atoms with van der Waals surface area (Å²) in [6.45, 7) is 2.49. The first-order valence-corrected chi connectivity index (χ1v) is 6.52. The summed E-state index contributed by atoms with van der Waals surface area (Å²) < 4.78 is 42.9. The van der Waals surface area contributed by atoms with Gasteiger partial charge in [0.2, 0.25) is 0 Å². The number of nitrogens with zero attached hydrogens (tertiary/aromatic N) is 2. The molecule has 0 atom stereocenters. The molecule has 0 aliphatic rings. The van der Waals surface area contributed by atoms with Crippen LogP contribution in [-0.2, 0) is 4.74 Å². The van der Waals surface area contributed by atoms with Gasteiger partial charge < -0.3 is 15.8 Å². The number of carbonyl (C=O) groups is 1. The highest BCUT2D eigenvalue weighted by atomic mass is 19.4. The summed E-state index contributed by atoms with van der Waals surface area (Å²) in [6.07, 6.45) is -3.07. The van der Waals surface area contributed by atoms with Gasteiger partial charge in [0, 0.05) is 0 Å². The molecule has 120 valence electrons. The van der Waals surface area contributed by atoms with Gasteiger partial charge in [-0.15, -0.1) is 0 Å². The van der Waals surface area contributed by atoms with Gasteiger partial charge in [0.1, 0.15) is 17.9 Å². The Balaban J connectivity index is 3.21. The second kappa shape index (κ2) is 6.68. The number of halogens is 3. The van der Waals surface area contributed by atoms with Crippen LogP contribution >= 0.6 is 0 Å². The highest BCUT2D eigenvalue weighted by Crippen LogP contribution is 2.29. The molecule has 0 aromatic carbocycles. The van der Waals surface area contributed by atoms with Crippen LogP contribution in [0.2, 0.25) is 0 Å². The van der Waals surface area contributed by atoms with Crippen molar-refractivity contribution in [3.8, 4) is 0 Å². The largest absolute Gasteiger partial charge is 0.465 e. The molecule has 0 aliphatic heterocycles. The molecule has 1 aromatic heterocycles. The first-order valence-electron chi connectivity index (χ1n) is 6.52. The van der Waals surface area contributed by atoms with Crippen LogP contribution in [0.5, 0.6) is 0 Å². The van der Waals surface area contributed by atoms with E-state index in [9.17, 15) is 18.0 Å². The number of nitrogens with one attached hydrogen (secondary N) is 1. The summed E-state index contributed by atoms with van der Waals surface area (Å²) in [5, 5.41) is 6.10. The number of rotatable bonds is 6. The molecule has 0 radical (unpaired) electrons. The van der Waals surface area contributed by atoms with Gasteiger partial charge in [0.05, 0.1) is 13.2 Å². The topological polar surface area (TPSA) is 82.2 Å². The molecular formula is C12H19F3N4O2. The maximum absolute atomic E-state index is 12.3. The van der Waals surface area contributed by atoms with Gasteiger partial charge in [-0.1, -0.05) is 13.8 Å². The van der Waals surface area contributed by atoms with E-state index in [4.69, 9.17) is 5.73 Å². The van der Waals surface area contributed by atoms with Crippen molar-refractivity contribution in [1.29, 1.82) is 0 Å². The minimum atomic E-state index is -4.43. The van der Waals surface area contributed by atoms with Crippen LogP contribution in [0.1, 0.15) is 43.1 Å². The van der Waals surface area contributed by atoms with Crippen LogP contribution in [0.4, 0.5) is 24.8 Å². The number of alkyl halides is 3. The molecule has 0 saturated heterocycles. The molecule has 6 nitrogen and oxygen atoms in total. The molecule has 1 rings (SSSR count). The Kier molecular flexibility index (Phi) is 5.45. The summed E-state index contributed by atoms with van der Waals surface area (Å²) >= 11 is 0. The van der Waals surface area contributed by atoms with E-state index in [1.165, 1.54) is 4.68 Å². The van der Waals surface area contributed by atoms with Crippen LogP contribution < -0.4 is 11.1 Å². The Bertz CT molecular complexity index is 495. The molecule has 21 heavy (non-hydrogen) atoms. The van der Waals surface area contributed by atoms with Crippen molar-refractivity contribution >= 4 is 17.6 Å². The lowest BCUT2D eigenvalue weighted by atomic mass is 10.2. The summed E-state index contributed by atoms with van der Waals surface area (Å²) in [7, 11) is 1.13. The minimum absolute atomic E-state index is 0.000208. The Morgan fingerprint density at radius 2 is 2.00 bits per heavy atom. The molecule has 0 unspecified atom stereocenters. The third-order valence-corrected chi connectivity index (χ3v) is 3.08. The van der Waals surface area contributed by atoms with Crippen molar-refractivity contribution in [3.05, 3.63) is 5.56 Å². The number of anilines is 2. The Morgan fingerprint density at radius 3 is 2.43 bits per heavy atom. The third kappa shape index (κ3) is 4.02. The van der Waals surface area contributed by atoms with Crippen LogP contribution in [0.3, 0.4) is 0 Å². The Morgan fingerprint density at radius 1 is 1.43 bits per heavy atom. The van der Waals surface area contributed by atoms with Crippen molar-refractivity contribution in [2.45, 2.75) is 38.9 Å². The second-order valence-electron chi connectivity index (χ2n) is 4.48. The fourth-order valence-electron chi connectivity index (χ4n) is 1.97. The number of hydrogen-bond acceptors (Lipinski definition) is 5. The molecule has 0 fully saturated rings. The first-order chi connectivity index (χ1) is 9.75. The molecule has 9 heteroatoms. The van der Waals surface area contributed by atoms with Crippen LogP contribution in [0.25, 0.3) is 0 Å². The lowest BCUT2D eigenvalue weighted by Crippen LogP contribution is -2.22. The van der Waals surface area contributed by atoms with E-state index < -0.39 is 18.7 Å². The standard InChI is InChI=1S/C12H19F3N4O2/c1-4-7(5-2)19-9(16)8(11(20)21-3)10(18-19)17-6-12(13,14)15/h7H,4-6,16H2,1-3H3,(H,17,18). The number of nitrogens with two attached hydrogens (primary N) is 1. The van der Waals surface area contributed by atoms with E-state index in [0.29, 0.717) is 12.8 Å². The number of nitrogen functional groups attached to an aromatic ring is 1. The number of hydrogen-bond donors (Lipinski definition) is 2. The fourth-order valence-corrected chi connectivity index (χ4v) is 1.97. The number of ether oxygens (including phenoxy) is 1. The van der Waals surface area contributed by atoms with Gasteiger partial charge in [-0.2, -0.15) is 18.3 Å². The average molecular weight is 308 g/mol. The van der Waals surface area contributed by atoms with E-state index in [1.54, 1.807) is 0 Å². The zero-order valence-corrected chi connectivity index (χ0v) is 12.1. The Hall–Kier alpha value is -1.93. The second-order valence-corrected chi connectivity index (χ2v) is 4.48. The first kappa shape index (κ1) is 17.1. The maximum Gasteiger partial charge on any atom is 0.405 e. The zero-order chi connectivity index (χ0) is 16.2. The van der Waals surface area contributed by atoms with E-state index >= 15 is 0 Å². The molecule has 0 aliphatic carbocycles. The maximum atomic E-state index is 12.3. The van der Waals surface area contributed by atoms with Gasteiger partial charge in [-0.05, 0) is 12.8 Å². The molecule has 1 heterocycles. The van der Waals surface area contributed by atoms with Gasteiger partial charge in [-0.3, -0.25) is 0 Å². The minimum Gasteiger partial charge on any atom is -0.465 e. The highest BCUT2D eigenvalue weighted by Gasteiger charge is 2.30. The molecule has 3 N–H and O–H groups in total. The SMILES string of the molecule is CCC(CC)n1nc(NCC(F)(F)F)c(C(=O)OC)c1N. The monoisotopic (exact) mass is 308 g/mol. The van der Waals surface area contributed by atoms with E-state index in [-0.39, 0.29) is 23.2 Å². The normalized spacial score (nSPS) is 11.8. The molecule has 0 spiro atoms. The van der Waals surface area contributed by atoms with Crippen molar-refractivity contribution in [1.82, 2.24) is 9.78 Å². The lowest BCUT2D eigenvalue weighted by molar-refractivity contribution is -0.115. The summed E-state index contributed by atoms with van der Waals surface area (Å²) in [5.74, 6) is -1.04. The van der Waals surface area contributed by atoms with Crippen molar-refractivity contribution in [2.75, 3.05) is 24.7 Å². The van der Waals surface area contributed by atoms with Gasteiger partial charge in [0.25, 0.3) is 0 Å². The van der Waals surface area contributed by atoms with Crippen LogP contribution in [0.15, 0.2) is 0 Å². The van der Waals surface area contributed by atoms with E-state index in [1.807, 2.05) is 13.8 Å². The summed E-state index contributed by atoms with van der Waals surface area (Å²) in [5.41, 5.74) is 5.68. The van der Waals surface area contributed by atoms with Gasteiger partial charge >= 0.3 is 12.1 Å². The average Bonchev–Trinajstić information content (AvgIpc) is 2.74. The van der Waals surface area contributed by atoms with E-state index in [0.717, 1.165) is 7.11 Å². The zero-order valence-electron chi connectivity index (χ0n) is 12.1. The van der Waals surface area contributed by atoms with Crippen molar-refractivity contribution in [2.24, 2.45) is 0 Å². The number of aromatic nitrogens is 2.